The average Bonchev–Trinajstić information content (AvgIpc) is 2.01. The summed E-state index contributed by atoms with van der Waals surface area (Å²) in [5, 5.41) is 2.09. The molecule has 6 heteroatoms. The van der Waals surface area contributed by atoms with E-state index in [0.29, 0.717) is 0 Å². The first-order valence-corrected chi connectivity index (χ1v) is 3.87. The summed E-state index contributed by atoms with van der Waals surface area (Å²) in [6.07, 6.45) is 0. The first-order valence-electron chi connectivity index (χ1n) is 3.87. The van der Waals surface area contributed by atoms with E-state index in [0.717, 1.165) is 4.90 Å². The first kappa shape index (κ1) is 9.66. The van der Waals surface area contributed by atoms with Gasteiger partial charge in [-0.25, -0.2) is 0 Å². The van der Waals surface area contributed by atoms with Crippen LogP contribution in [-0.4, -0.2) is 41.8 Å². The molecular formula is C7H11N3O3. The summed E-state index contributed by atoms with van der Waals surface area (Å²) in [4.78, 5) is 34.1. The van der Waals surface area contributed by atoms with E-state index >= 15 is 0 Å². The van der Waals surface area contributed by atoms with E-state index in [1.54, 1.807) is 0 Å². The molecule has 1 aliphatic heterocycles. The number of piperazine rings is 1. The maximum Gasteiger partial charge on any atom is 0.246 e. The van der Waals surface area contributed by atoms with Gasteiger partial charge in [0.15, 0.2) is 0 Å². The Hall–Kier alpha value is -1.43. The van der Waals surface area contributed by atoms with E-state index in [-0.39, 0.29) is 19.0 Å². The Kier molecular flexibility index (Phi) is 2.62. The topological polar surface area (TPSA) is 92.5 Å². The number of hydrogen-bond donors (Lipinski definition) is 2. The normalized spacial score (nSPS) is 19.7. The van der Waals surface area contributed by atoms with E-state index in [4.69, 9.17) is 5.73 Å². The number of nitrogens with zero attached hydrogens (tertiary/aromatic N) is 1. The molecule has 72 valence electrons. The molecule has 1 saturated heterocycles. The Bertz CT molecular complexity index is 246. The van der Waals surface area contributed by atoms with Crippen LogP contribution in [0.2, 0.25) is 0 Å². The maximum atomic E-state index is 11.3. The molecule has 0 aromatic rings. The number of hydrogen-bond acceptors (Lipinski definition) is 4. The number of carbonyl (C=O) groups is 3. The van der Waals surface area contributed by atoms with Gasteiger partial charge in [-0.3, -0.25) is 19.7 Å². The second-order valence-corrected chi connectivity index (χ2v) is 2.95. The highest BCUT2D eigenvalue weighted by molar-refractivity contribution is 6.03. The molecule has 1 rings (SSSR count). The van der Waals surface area contributed by atoms with Gasteiger partial charge in [0.25, 0.3) is 0 Å². The van der Waals surface area contributed by atoms with Crippen molar-refractivity contribution in [2.45, 2.75) is 13.0 Å². The molecule has 3 N–H and O–H groups in total. The van der Waals surface area contributed by atoms with Crippen LogP contribution in [0, 0.1) is 0 Å². The quantitative estimate of drug-likeness (QED) is 0.454. The molecule has 0 spiro atoms. The lowest BCUT2D eigenvalue weighted by molar-refractivity contribution is -0.145. The van der Waals surface area contributed by atoms with Crippen LogP contribution in [0.4, 0.5) is 0 Å². The lowest BCUT2D eigenvalue weighted by Gasteiger charge is -2.26. The minimum absolute atomic E-state index is 0.0912. The Morgan fingerprint density at radius 1 is 1.46 bits per heavy atom. The lowest BCUT2D eigenvalue weighted by Crippen LogP contribution is -2.56. The van der Waals surface area contributed by atoms with Crippen molar-refractivity contribution in [2.24, 2.45) is 5.73 Å². The summed E-state index contributed by atoms with van der Waals surface area (Å²) < 4.78 is 0. The fourth-order valence-corrected chi connectivity index (χ4v) is 1.08. The van der Waals surface area contributed by atoms with E-state index in [1.165, 1.54) is 6.92 Å². The standard InChI is InChI=1S/C7H11N3O3/c1-4(8)7(13)10-2-5(11)9-6(12)3-10/h4H,2-3,8H2,1H3,(H,9,11,12). The highest BCUT2D eigenvalue weighted by atomic mass is 16.2. The number of carbonyl (C=O) groups excluding carboxylic acids is 3. The third-order valence-corrected chi connectivity index (χ3v) is 1.65. The number of amides is 3. The first-order chi connectivity index (χ1) is 6.00. The van der Waals surface area contributed by atoms with Crippen molar-refractivity contribution in [3.05, 3.63) is 0 Å². The van der Waals surface area contributed by atoms with E-state index in [1.807, 2.05) is 0 Å². The Morgan fingerprint density at radius 2 is 1.92 bits per heavy atom. The fraction of sp³-hybridized carbons (Fsp3) is 0.571. The molecule has 0 aromatic heterocycles. The lowest BCUT2D eigenvalue weighted by atomic mass is 10.2. The third kappa shape index (κ3) is 2.25. The zero-order chi connectivity index (χ0) is 10.0. The van der Waals surface area contributed by atoms with Gasteiger partial charge in [0.05, 0.1) is 6.04 Å². The molecule has 0 bridgehead atoms. The molecule has 6 nitrogen and oxygen atoms in total. The predicted octanol–water partition coefficient (Wildman–Crippen LogP) is -2.18. The molecule has 0 saturated carbocycles. The second kappa shape index (κ2) is 3.53. The van der Waals surface area contributed by atoms with Crippen LogP contribution >= 0.6 is 0 Å². The summed E-state index contributed by atoms with van der Waals surface area (Å²) >= 11 is 0. The highest BCUT2D eigenvalue weighted by Gasteiger charge is 2.27. The van der Waals surface area contributed by atoms with E-state index in [2.05, 4.69) is 5.32 Å². The van der Waals surface area contributed by atoms with Crippen molar-refractivity contribution >= 4 is 17.7 Å². The zero-order valence-corrected chi connectivity index (χ0v) is 7.24. The Labute approximate surface area is 75.1 Å². The summed E-state index contributed by atoms with van der Waals surface area (Å²) in [6, 6.07) is -0.682. The molecule has 0 aliphatic carbocycles. The van der Waals surface area contributed by atoms with Crippen LogP contribution in [-0.2, 0) is 14.4 Å². The van der Waals surface area contributed by atoms with Gasteiger partial charge in [0.2, 0.25) is 17.7 Å². The van der Waals surface area contributed by atoms with Gasteiger partial charge < -0.3 is 10.6 Å². The fourth-order valence-electron chi connectivity index (χ4n) is 1.08. The molecular weight excluding hydrogens is 174 g/mol. The molecule has 1 atom stereocenters. The minimum atomic E-state index is -0.682. The third-order valence-electron chi connectivity index (χ3n) is 1.65. The average molecular weight is 185 g/mol. The summed E-state index contributed by atoms with van der Waals surface area (Å²) in [5.41, 5.74) is 5.32. The molecule has 1 unspecified atom stereocenters. The van der Waals surface area contributed by atoms with Gasteiger partial charge in [-0.15, -0.1) is 0 Å². The van der Waals surface area contributed by atoms with Crippen LogP contribution in [0.1, 0.15) is 6.92 Å². The largest absolute Gasteiger partial charge is 0.323 e. The van der Waals surface area contributed by atoms with Crippen molar-refractivity contribution in [3.8, 4) is 0 Å². The van der Waals surface area contributed by atoms with Crippen LogP contribution in [0.3, 0.4) is 0 Å². The number of nitrogens with one attached hydrogen (secondary N) is 1. The SMILES string of the molecule is CC(N)C(=O)N1CC(=O)NC(=O)C1. The van der Waals surface area contributed by atoms with Crippen molar-refractivity contribution in [1.29, 1.82) is 0 Å². The monoisotopic (exact) mass is 185 g/mol. The molecule has 1 aliphatic rings. The minimum Gasteiger partial charge on any atom is -0.323 e. The number of rotatable bonds is 1. The van der Waals surface area contributed by atoms with Gasteiger partial charge in [0.1, 0.15) is 13.1 Å². The van der Waals surface area contributed by atoms with Gasteiger partial charge in [-0.2, -0.15) is 0 Å². The van der Waals surface area contributed by atoms with Crippen molar-refractivity contribution in [2.75, 3.05) is 13.1 Å². The van der Waals surface area contributed by atoms with Crippen LogP contribution < -0.4 is 11.1 Å². The van der Waals surface area contributed by atoms with Crippen LogP contribution in [0.25, 0.3) is 0 Å². The van der Waals surface area contributed by atoms with Crippen molar-refractivity contribution in [1.82, 2.24) is 10.2 Å². The smallest absolute Gasteiger partial charge is 0.246 e. The van der Waals surface area contributed by atoms with Crippen LogP contribution in [0.5, 0.6) is 0 Å². The van der Waals surface area contributed by atoms with Gasteiger partial charge in [-0.1, -0.05) is 0 Å². The Balaban J connectivity index is 2.65. The molecule has 1 heterocycles. The van der Waals surface area contributed by atoms with Gasteiger partial charge in [-0.05, 0) is 6.92 Å². The molecule has 13 heavy (non-hydrogen) atoms. The second-order valence-electron chi connectivity index (χ2n) is 2.95. The predicted molar refractivity (Wildman–Crippen MR) is 43.4 cm³/mol. The Morgan fingerprint density at radius 3 is 2.31 bits per heavy atom. The summed E-state index contributed by atoms with van der Waals surface area (Å²) in [7, 11) is 0. The number of imide groups is 1. The molecule has 0 radical (unpaired) electrons. The van der Waals surface area contributed by atoms with Crippen molar-refractivity contribution in [3.63, 3.8) is 0 Å². The van der Waals surface area contributed by atoms with E-state index < -0.39 is 17.9 Å². The zero-order valence-electron chi connectivity index (χ0n) is 7.24. The van der Waals surface area contributed by atoms with Crippen LogP contribution in [0.15, 0.2) is 0 Å². The van der Waals surface area contributed by atoms with Gasteiger partial charge in [0, 0.05) is 0 Å². The molecule has 0 aromatic carbocycles. The maximum absolute atomic E-state index is 11.3. The highest BCUT2D eigenvalue weighted by Crippen LogP contribution is 1.97. The summed E-state index contributed by atoms with van der Waals surface area (Å²) in [5.74, 6) is -1.32. The van der Waals surface area contributed by atoms with Crippen molar-refractivity contribution < 1.29 is 14.4 Å². The number of nitrogens with two attached hydrogens (primary N) is 1. The van der Waals surface area contributed by atoms with Gasteiger partial charge >= 0.3 is 0 Å². The summed E-state index contributed by atoms with van der Waals surface area (Å²) in [6.45, 7) is 1.33. The molecule has 1 fully saturated rings. The molecule has 3 amide bonds. The van der Waals surface area contributed by atoms with E-state index in [9.17, 15) is 14.4 Å².